The Hall–Kier alpha value is -2.66. The maximum absolute atomic E-state index is 12.6. The van der Waals surface area contributed by atoms with Crippen molar-refractivity contribution >= 4 is 5.78 Å². The zero-order valence-corrected chi connectivity index (χ0v) is 20.7. The maximum Gasteiger partial charge on any atom is 0.177 e. The van der Waals surface area contributed by atoms with Gasteiger partial charge in [-0.2, -0.15) is 0 Å². The van der Waals surface area contributed by atoms with Crippen molar-refractivity contribution in [2.24, 2.45) is 11.7 Å². The summed E-state index contributed by atoms with van der Waals surface area (Å²) in [5.74, 6) is 0.729. The Balaban J connectivity index is 2.00. The van der Waals surface area contributed by atoms with Crippen LogP contribution >= 0.6 is 0 Å². The van der Waals surface area contributed by atoms with Crippen LogP contribution in [-0.4, -0.2) is 41.8 Å². The second-order valence-corrected chi connectivity index (χ2v) is 8.77. The number of nitrogens with two attached hydrogens (primary N) is 1. The zero-order chi connectivity index (χ0) is 23.9. The SMILES string of the molecule is CCN(CCN)/C(CCCC(C)CCc1ccccc1)=C(\NCCc1ccccn1)C(C)=O. The number of carbonyl (C=O) groups excluding carboxylic acids is 1. The molecule has 0 aliphatic heterocycles. The van der Waals surface area contributed by atoms with Crippen LogP contribution in [0, 0.1) is 5.92 Å². The van der Waals surface area contributed by atoms with Crippen molar-refractivity contribution in [2.75, 3.05) is 26.2 Å². The van der Waals surface area contributed by atoms with Crippen molar-refractivity contribution in [2.45, 2.75) is 59.3 Å². The number of rotatable bonds is 16. The number of hydrogen-bond acceptors (Lipinski definition) is 5. The first-order valence-electron chi connectivity index (χ1n) is 12.4. The van der Waals surface area contributed by atoms with Crippen LogP contribution in [0.3, 0.4) is 0 Å². The van der Waals surface area contributed by atoms with E-state index in [4.69, 9.17) is 5.73 Å². The van der Waals surface area contributed by atoms with Crippen molar-refractivity contribution in [1.29, 1.82) is 0 Å². The molecular weight excluding hydrogens is 408 g/mol. The Labute approximate surface area is 200 Å². The van der Waals surface area contributed by atoms with E-state index in [0.717, 1.165) is 62.3 Å². The van der Waals surface area contributed by atoms with Gasteiger partial charge in [-0.05, 0) is 56.2 Å². The third kappa shape index (κ3) is 9.79. The van der Waals surface area contributed by atoms with Gasteiger partial charge < -0.3 is 16.0 Å². The summed E-state index contributed by atoms with van der Waals surface area (Å²) in [5, 5.41) is 3.43. The number of allylic oxidation sites excluding steroid dienone is 2. The van der Waals surface area contributed by atoms with E-state index in [-0.39, 0.29) is 5.78 Å². The molecule has 0 bridgehead atoms. The third-order valence-corrected chi connectivity index (χ3v) is 6.09. The van der Waals surface area contributed by atoms with Crippen molar-refractivity contribution in [3.63, 3.8) is 0 Å². The van der Waals surface area contributed by atoms with Crippen molar-refractivity contribution in [1.82, 2.24) is 15.2 Å². The normalized spacial score (nSPS) is 12.7. The number of likely N-dealkylation sites (N-methyl/N-ethyl adjacent to an activating group) is 1. The fourth-order valence-electron chi connectivity index (χ4n) is 4.19. The molecule has 33 heavy (non-hydrogen) atoms. The van der Waals surface area contributed by atoms with Gasteiger partial charge in [-0.15, -0.1) is 0 Å². The average molecular weight is 451 g/mol. The maximum atomic E-state index is 12.6. The Bertz CT molecular complexity index is 835. The largest absolute Gasteiger partial charge is 0.380 e. The van der Waals surface area contributed by atoms with E-state index in [1.54, 1.807) is 6.92 Å². The second-order valence-electron chi connectivity index (χ2n) is 8.77. The molecule has 0 amide bonds. The number of nitrogens with zero attached hydrogens (tertiary/aromatic N) is 2. The van der Waals surface area contributed by atoms with E-state index >= 15 is 0 Å². The number of aryl methyl sites for hydroxylation is 1. The number of benzene rings is 1. The number of hydrogen-bond donors (Lipinski definition) is 2. The summed E-state index contributed by atoms with van der Waals surface area (Å²) in [4.78, 5) is 19.3. The first-order chi connectivity index (χ1) is 16.0. The van der Waals surface area contributed by atoms with Gasteiger partial charge >= 0.3 is 0 Å². The highest BCUT2D eigenvalue weighted by molar-refractivity contribution is 5.93. The van der Waals surface area contributed by atoms with Crippen LogP contribution in [0.4, 0.5) is 0 Å². The molecule has 1 aromatic heterocycles. The van der Waals surface area contributed by atoms with Gasteiger partial charge in [-0.1, -0.05) is 49.7 Å². The molecule has 0 saturated heterocycles. The monoisotopic (exact) mass is 450 g/mol. The molecule has 0 saturated carbocycles. The smallest absolute Gasteiger partial charge is 0.177 e. The van der Waals surface area contributed by atoms with E-state index in [2.05, 4.69) is 59.4 Å². The second kappa shape index (κ2) is 15.2. The van der Waals surface area contributed by atoms with Crippen LogP contribution in [0.5, 0.6) is 0 Å². The molecular formula is C28H42N4O. The lowest BCUT2D eigenvalue weighted by atomic mass is 9.95. The highest BCUT2D eigenvalue weighted by Crippen LogP contribution is 2.21. The Morgan fingerprint density at radius 3 is 2.48 bits per heavy atom. The van der Waals surface area contributed by atoms with Crippen LogP contribution in [0.15, 0.2) is 66.1 Å². The number of pyridine rings is 1. The van der Waals surface area contributed by atoms with Gasteiger partial charge in [0.05, 0.1) is 5.70 Å². The lowest BCUT2D eigenvalue weighted by Gasteiger charge is -2.29. The van der Waals surface area contributed by atoms with Crippen molar-refractivity contribution in [3.8, 4) is 0 Å². The lowest BCUT2D eigenvalue weighted by molar-refractivity contribution is -0.114. The summed E-state index contributed by atoms with van der Waals surface area (Å²) >= 11 is 0. The molecule has 0 radical (unpaired) electrons. The number of carbonyl (C=O) groups is 1. The molecule has 5 heteroatoms. The average Bonchev–Trinajstić information content (AvgIpc) is 2.83. The molecule has 1 aromatic carbocycles. The van der Waals surface area contributed by atoms with E-state index in [1.165, 1.54) is 12.0 Å². The molecule has 1 heterocycles. The molecule has 0 aliphatic carbocycles. The van der Waals surface area contributed by atoms with Gasteiger partial charge in [0.2, 0.25) is 0 Å². The molecule has 0 spiro atoms. The van der Waals surface area contributed by atoms with E-state index in [9.17, 15) is 4.79 Å². The van der Waals surface area contributed by atoms with Crippen LogP contribution in [-0.2, 0) is 17.6 Å². The van der Waals surface area contributed by atoms with E-state index < -0.39 is 0 Å². The molecule has 0 aliphatic rings. The predicted octanol–water partition coefficient (Wildman–Crippen LogP) is 4.73. The van der Waals surface area contributed by atoms with Crippen molar-refractivity contribution < 1.29 is 4.79 Å². The summed E-state index contributed by atoms with van der Waals surface area (Å²) in [6, 6.07) is 16.6. The summed E-state index contributed by atoms with van der Waals surface area (Å²) in [6.07, 6.45) is 7.99. The number of aromatic nitrogens is 1. The highest BCUT2D eigenvalue weighted by atomic mass is 16.1. The van der Waals surface area contributed by atoms with E-state index in [1.807, 2.05) is 24.4 Å². The minimum Gasteiger partial charge on any atom is -0.380 e. The lowest BCUT2D eigenvalue weighted by Crippen LogP contribution is -2.34. The molecule has 3 N–H and O–H groups in total. The minimum absolute atomic E-state index is 0.0821. The molecule has 2 aromatic rings. The molecule has 2 rings (SSSR count). The quantitative estimate of drug-likeness (QED) is 0.362. The Kier molecular flexibility index (Phi) is 12.3. The fraction of sp³-hybridized carbons (Fsp3) is 0.500. The molecule has 0 fully saturated rings. The summed E-state index contributed by atoms with van der Waals surface area (Å²) in [5.41, 5.74) is 10.2. The third-order valence-electron chi connectivity index (χ3n) is 6.09. The molecule has 1 unspecified atom stereocenters. The predicted molar refractivity (Wildman–Crippen MR) is 138 cm³/mol. The Morgan fingerprint density at radius 1 is 1.09 bits per heavy atom. The highest BCUT2D eigenvalue weighted by Gasteiger charge is 2.17. The van der Waals surface area contributed by atoms with E-state index in [0.29, 0.717) is 19.0 Å². The number of nitrogens with one attached hydrogen (secondary N) is 1. The van der Waals surface area contributed by atoms with Crippen LogP contribution in [0.1, 0.15) is 57.7 Å². The molecule has 5 nitrogen and oxygen atoms in total. The standard InChI is InChI=1S/C28H42N4O/c1-4-32(22-19-29)27(15-10-11-23(2)16-17-25-12-6-5-7-13-25)28(24(3)33)31-21-18-26-14-8-9-20-30-26/h5-9,12-14,20,23,31H,4,10-11,15-19,21-22,29H2,1-3H3/b28-27-. The fourth-order valence-corrected chi connectivity index (χ4v) is 4.19. The number of Topliss-reactive ketones (excluding diaryl/α,β-unsaturated/α-hetero) is 1. The minimum atomic E-state index is 0.0821. The van der Waals surface area contributed by atoms with Crippen LogP contribution in [0.2, 0.25) is 0 Å². The molecule has 1 atom stereocenters. The summed E-state index contributed by atoms with van der Waals surface area (Å²) in [7, 11) is 0. The van der Waals surface area contributed by atoms with Crippen molar-refractivity contribution in [3.05, 3.63) is 77.4 Å². The summed E-state index contributed by atoms with van der Waals surface area (Å²) in [6.45, 7) is 8.97. The van der Waals surface area contributed by atoms with Gasteiger partial charge in [0, 0.05) is 57.1 Å². The van der Waals surface area contributed by atoms with Crippen LogP contribution in [0.25, 0.3) is 0 Å². The summed E-state index contributed by atoms with van der Waals surface area (Å²) < 4.78 is 0. The van der Waals surface area contributed by atoms with Gasteiger partial charge in [-0.3, -0.25) is 9.78 Å². The molecule has 180 valence electrons. The first kappa shape index (κ1) is 26.6. The van der Waals surface area contributed by atoms with Gasteiger partial charge in [-0.25, -0.2) is 0 Å². The van der Waals surface area contributed by atoms with Gasteiger partial charge in [0.25, 0.3) is 0 Å². The topological polar surface area (TPSA) is 71.2 Å². The zero-order valence-electron chi connectivity index (χ0n) is 20.7. The van der Waals surface area contributed by atoms with Gasteiger partial charge in [0.1, 0.15) is 0 Å². The first-order valence-corrected chi connectivity index (χ1v) is 12.4. The van der Waals surface area contributed by atoms with Crippen LogP contribution < -0.4 is 11.1 Å². The van der Waals surface area contributed by atoms with Gasteiger partial charge in [0.15, 0.2) is 5.78 Å². The number of ketones is 1. The Morgan fingerprint density at radius 2 is 1.85 bits per heavy atom.